The minimum atomic E-state index is -0.551. The van der Waals surface area contributed by atoms with E-state index in [2.05, 4.69) is 10.6 Å². The number of hydrogen-bond donors (Lipinski definition) is 4. The molecule has 1 atom stereocenters. The average Bonchev–Trinajstić information content (AvgIpc) is 2.70. The zero-order valence-corrected chi connectivity index (χ0v) is 15.4. The summed E-state index contributed by atoms with van der Waals surface area (Å²) < 4.78 is 10.9. The summed E-state index contributed by atoms with van der Waals surface area (Å²) in [4.78, 5) is 23.0. The van der Waals surface area contributed by atoms with Crippen LogP contribution in [0.2, 0.25) is 0 Å². The second kappa shape index (κ2) is 8.98. The number of amides is 2. The van der Waals surface area contributed by atoms with Crippen molar-refractivity contribution in [2.45, 2.75) is 25.5 Å². The van der Waals surface area contributed by atoms with Gasteiger partial charge in [-0.1, -0.05) is 30.3 Å². The molecule has 1 aliphatic heterocycles. The van der Waals surface area contributed by atoms with Gasteiger partial charge in [-0.15, -0.1) is 0 Å². The molecule has 1 aliphatic rings. The van der Waals surface area contributed by atoms with Crippen LogP contribution in [0.15, 0.2) is 42.5 Å². The molecule has 6 N–H and O–H groups in total. The minimum Gasteiger partial charge on any atom is -0.489 e. The number of primary amides is 1. The van der Waals surface area contributed by atoms with Gasteiger partial charge in [0.1, 0.15) is 24.7 Å². The van der Waals surface area contributed by atoms with Gasteiger partial charge >= 0.3 is 6.09 Å². The van der Waals surface area contributed by atoms with E-state index in [9.17, 15) is 9.59 Å². The van der Waals surface area contributed by atoms with Gasteiger partial charge in [0.05, 0.1) is 11.7 Å². The quantitative estimate of drug-likeness (QED) is 0.428. The second-order valence-corrected chi connectivity index (χ2v) is 6.59. The Kier molecular flexibility index (Phi) is 6.21. The van der Waals surface area contributed by atoms with Gasteiger partial charge in [-0.05, 0) is 30.5 Å². The maximum Gasteiger partial charge on any atom is 0.407 e. The van der Waals surface area contributed by atoms with Crippen molar-refractivity contribution in [3.05, 3.63) is 53.6 Å². The zero-order valence-electron chi connectivity index (χ0n) is 15.4. The van der Waals surface area contributed by atoms with Crippen LogP contribution in [-0.2, 0) is 11.3 Å². The first-order valence-corrected chi connectivity index (χ1v) is 9.10. The van der Waals surface area contributed by atoms with E-state index in [0.717, 1.165) is 18.4 Å². The monoisotopic (exact) mass is 384 g/mol. The number of hydrogen-bond acceptors (Lipinski definition) is 6. The van der Waals surface area contributed by atoms with Gasteiger partial charge < -0.3 is 31.6 Å². The molecule has 28 heavy (non-hydrogen) atoms. The van der Waals surface area contributed by atoms with Crippen LogP contribution in [0.5, 0.6) is 5.75 Å². The van der Waals surface area contributed by atoms with Crippen LogP contribution in [0.3, 0.4) is 0 Å². The van der Waals surface area contributed by atoms with Crippen molar-refractivity contribution in [2.24, 2.45) is 5.73 Å². The Bertz CT molecular complexity index is 842. The Morgan fingerprint density at radius 1 is 1.25 bits per heavy atom. The number of alkyl carbamates (subject to hydrolysis) is 1. The number of benzene rings is 2. The van der Waals surface area contributed by atoms with E-state index >= 15 is 0 Å². The molecule has 8 heteroatoms. The summed E-state index contributed by atoms with van der Waals surface area (Å²) in [6.45, 7) is 1.18. The molecular formula is C20H24N4O4. The van der Waals surface area contributed by atoms with E-state index in [1.54, 1.807) is 6.07 Å². The highest BCUT2D eigenvalue weighted by atomic mass is 16.5. The number of nitrogens with one attached hydrogen (secondary N) is 2. The van der Waals surface area contributed by atoms with Gasteiger partial charge in [-0.2, -0.15) is 0 Å². The number of fused-ring (bicyclic) bond motifs is 1. The number of rotatable bonds is 7. The lowest BCUT2D eigenvalue weighted by Crippen LogP contribution is -2.33. The van der Waals surface area contributed by atoms with E-state index < -0.39 is 12.0 Å². The van der Waals surface area contributed by atoms with E-state index in [1.165, 1.54) is 6.07 Å². The van der Waals surface area contributed by atoms with Gasteiger partial charge in [0.2, 0.25) is 5.91 Å². The lowest BCUT2D eigenvalue weighted by molar-refractivity contribution is 0.0999. The Labute approximate surface area is 163 Å². The van der Waals surface area contributed by atoms with Crippen LogP contribution in [0.25, 0.3) is 0 Å². The van der Waals surface area contributed by atoms with E-state index in [4.69, 9.17) is 20.9 Å². The zero-order chi connectivity index (χ0) is 19.9. The third-order valence-electron chi connectivity index (χ3n) is 4.42. The predicted octanol–water partition coefficient (Wildman–Crippen LogP) is 2.25. The van der Waals surface area contributed by atoms with Crippen molar-refractivity contribution in [1.82, 2.24) is 5.32 Å². The number of carbonyl (C=O) groups is 2. The molecule has 2 aromatic rings. The molecule has 0 spiro atoms. The van der Waals surface area contributed by atoms with Crippen molar-refractivity contribution < 1.29 is 19.1 Å². The summed E-state index contributed by atoms with van der Waals surface area (Å²) in [6, 6.07) is 12.7. The summed E-state index contributed by atoms with van der Waals surface area (Å²) in [6.07, 6.45) is 1.08. The van der Waals surface area contributed by atoms with Crippen LogP contribution < -0.4 is 26.8 Å². The highest BCUT2D eigenvalue weighted by Crippen LogP contribution is 2.36. The van der Waals surface area contributed by atoms with Gasteiger partial charge in [-0.3, -0.25) is 4.79 Å². The molecule has 1 unspecified atom stereocenters. The van der Waals surface area contributed by atoms with Crippen molar-refractivity contribution in [3.8, 4) is 5.75 Å². The molecule has 0 fully saturated rings. The van der Waals surface area contributed by atoms with Crippen LogP contribution in [0.4, 0.5) is 16.2 Å². The Balaban J connectivity index is 1.39. The largest absolute Gasteiger partial charge is 0.489 e. The normalized spacial score (nSPS) is 14.9. The molecule has 2 aromatic carbocycles. The second-order valence-electron chi connectivity index (χ2n) is 6.59. The predicted molar refractivity (Wildman–Crippen MR) is 106 cm³/mol. The molecule has 0 aliphatic carbocycles. The summed E-state index contributed by atoms with van der Waals surface area (Å²) in [5.74, 6) is -0.0295. The molecule has 148 valence electrons. The summed E-state index contributed by atoms with van der Waals surface area (Å²) in [7, 11) is 0. The Hall–Kier alpha value is -3.42. The number of nitrogens with two attached hydrogens (primary N) is 2. The van der Waals surface area contributed by atoms with E-state index in [-0.39, 0.29) is 12.6 Å². The summed E-state index contributed by atoms with van der Waals surface area (Å²) in [5.41, 5.74) is 13.6. The van der Waals surface area contributed by atoms with Crippen LogP contribution >= 0.6 is 0 Å². The van der Waals surface area contributed by atoms with Gasteiger partial charge in [-0.25, -0.2) is 4.79 Å². The SMILES string of the molecule is NC(=O)c1cc(N)c2c(c1)OCC(CCCNC(=O)OCc1ccccc1)N2. The van der Waals surface area contributed by atoms with Crippen LogP contribution in [0, 0.1) is 0 Å². The van der Waals surface area contributed by atoms with Crippen molar-refractivity contribution in [1.29, 1.82) is 0 Å². The van der Waals surface area contributed by atoms with Gasteiger partial charge in [0.15, 0.2) is 0 Å². The van der Waals surface area contributed by atoms with E-state index in [1.807, 2.05) is 30.3 Å². The smallest absolute Gasteiger partial charge is 0.407 e. The molecular weight excluding hydrogens is 360 g/mol. The first-order valence-electron chi connectivity index (χ1n) is 9.10. The molecule has 0 saturated heterocycles. The molecule has 0 radical (unpaired) electrons. The number of anilines is 2. The standard InChI is InChI=1S/C20H24N4O4/c21-16-9-14(19(22)25)10-17-18(16)24-15(12-27-17)7-4-8-23-20(26)28-11-13-5-2-1-3-6-13/h1-3,5-6,9-10,15,24H,4,7-8,11-12,21H2,(H2,22,25)(H,23,26). The third kappa shape index (κ3) is 5.06. The first-order chi connectivity index (χ1) is 13.5. The van der Waals surface area contributed by atoms with Gasteiger partial charge in [0, 0.05) is 12.1 Å². The third-order valence-corrected chi connectivity index (χ3v) is 4.42. The highest BCUT2D eigenvalue weighted by Gasteiger charge is 2.22. The lowest BCUT2D eigenvalue weighted by Gasteiger charge is -2.29. The molecule has 0 aromatic heterocycles. The minimum absolute atomic E-state index is 0.0522. The number of ether oxygens (including phenoxy) is 2. The van der Waals surface area contributed by atoms with Gasteiger partial charge in [0.25, 0.3) is 0 Å². The fraction of sp³-hybridized carbons (Fsp3) is 0.300. The topological polar surface area (TPSA) is 129 Å². The summed E-state index contributed by atoms with van der Waals surface area (Å²) >= 11 is 0. The molecule has 0 saturated carbocycles. The highest BCUT2D eigenvalue weighted by molar-refractivity contribution is 5.96. The fourth-order valence-electron chi connectivity index (χ4n) is 2.95. The van der Waals surface area contributed by atoms with Crippen molar-refractivity contribution in [2.75, 3.05) is 24.2 Å². The maximum atomic E-state index is 11.7. The summed E-state index contributed by atoms with van der Waals surface area (Å²) in [5, 5.41) is 6.06. The number of carbonyl (C=O) groups excluding carboxylic acids is 2. The first kappa shape index (κ1) is 19.3. The fourth-order valence-corrected chi connectivity index (χ4v) is 2.95. The number of nitrogen functional groups attached to an aromatic ring is 1. The maximum absolute atomic E-state index is 11.7. The lowest BCUT2D eigenvalue weighted by atomic mass is 10.1. The molecule has 8 nitrogen and oxygen atoms in total. The van der Waals surface area contributed by atoms with Crippen molar-refractivity contribution in [3.63, 3.8) is 0 Å². The molecule has 0 bridgehead atoms. The molecule has 2 amide bonds. The van der Waals surface area contributed by atoms with Crippen LogP contribution in [-0.4, -0.2) is 31.2 Å². The molecule has 3 rings (SSSR count). The Morgan fingerprint density at radius 2 is 2.04 bits per heavy atom. The van der Waals surface area contributed by atoms with Crippen molar-refractivity contribution >= 4 is 23.4 Å². The Morgan fingerprint density at radius 3 is 2.79 bits per heavy atom. The van der Waals surface area contributed by atoms with E-state index in [0.29, 0.717) is 35.8 Å². The van der Waals surface area contributed by atoms with Crippen LogP contribution in [0.1, 0.15) is 28.8 Å². The molecule has 1 heterocycles. The average molecular weight is 384 g/mol.